The normalized spacial score (nSPS) is 10.5. The van der Waals surface area contributed by atoms with Gasteiger partial charge in [0, 0.05) is 6.07 Å². The number of nitrogens with two attached hydrogens (primary N) is 1. The van der Waals surface area contributed by atoms with Crippen LogP contribution in [0.5, 0.6) is 5.88 Å². The molecule has 0 bridgehead atoms. The number of amides is 1. The molecule has 7 heteroatoms. The number of H-pyrrole nitrogens is 1. The number of nitrogens with one attached hydrogen (secondary N) is 2. The highest BCUT2D eigenvalue weighted by Gasteiger charge is 2.09. The van der Waals surface area contributed by atoms with Gasteiger partial charge in [-0.1, -0.05) is 0 Å². The Labute approximate surface area is 85.6 Å². The molecule has 0 saturated heterocycles. The first-order valence-corrected chi connectivity index (χ1v) is 3.94. The molecule has 1 aromatic rings. The summed E-state index contributed by atoms with van der Waals surface area (Å²) in [7, 11) is 1.47. The molecule has 0 radical (unpaired) electrons. The van der Waals surface area contributed by atoms with Crippen LogP contribution in [0, 0.1) is 11.5 Å². The van der Waals surface area contributed by atoms with E-state index in [4.69, 9.17) is 15.7 Å². The highest BCUT2D eigenvalue weighted by atomic mass is 16.5. The summed E-state index contributed by atoms with van der Waals surface area (Å²) in [5, 5.41) is 10.4. The Hall–Kier alpha value is -2.49. The Morgan fingerprint density at radius 3 is 3.00 bits per heavy atom. The van der Waals surface area contributed by atoms with Gasteiger partial charge in [0.1, 0.15) is 5.69 Å². The third-order valence-corrected chi connectivity index (χ3v) is 1.54. The van der Waals surface area contributed by atoms with E-state index in [0.29, 0.717) is 5.88 Å². The Bertz CT molecular complexity index is 428. The standard InChI is InChI=1S/C8H9N5O2/c1-15-6-3-2-5(12-6)7(14)13-8(10)11-4-9/h2-3,12H,1H3,(H3,10,11,13,14). The molecule has 0 fully saturated rings. The third-order valence-electron chi connectivity index (χ3n) is 1.54. The van der Waals surface area contributed by atoms with E-state index in [1.165, 1.54) is 19.4 Å². The first kappa shape index (κ1) is 10.6. The quantitative estimate of drug-likeness (QED) is 0.346. The lowest BCUT2D eigenvalue weighted by Gasteiger charge is -1.99. The minimum Gasteiger partial charge on any atom is -0.482 e. The maximum atomic E-state index is 11.4. The van der Waals surface area contributed by atoms with Gasteiger partial charge in [-0.05, 0) is 6.07 Å². The number of hydrogen-bond donors (Lipinski definition) is 3. The van der Waals surface area contributed by atoms with Crippen molar-refractivity contribution in [2.24, 2.45) is 10.7 Å². The molecule has 1 rings (SSSR count). The first-order valence-electron chi connectivity index (χ1n) is 3.94. The van der Waals surface area contributed by atoms with E-state index in [0.717, 1.165) is 0 Å². The summed E-state index contributed by atoms with van der Waals surface area (Å²) >= 11 is 0. The van der Waals surface area contributed by atoms with Crippen molar-refractivity contribution >= 4 is 11.9 Å². The summed E-state index contributed by atoms with van der Waals surface area (Å²) in [6, 6.07) is 3.11. The van der Waals surface area contributed by atoms with Gasteiger partial charge in [0.15, 0.2) is 5.88 Å². The molecule has 7 nitrogen and oxygen atoms in total. The molecule has 1 amide bonds. The topological polar surface area (TPSA) is 116 Å². The number of carbonyl (C=O) groups excluding carboxylic acids is 1. The van der Waals surface area contributed by atoms with Gasteiger partial charge in [0.25, 0.3) is 5.91 Å². The molecule has 0 atom stereocenters. The van der Waals surface area contributed by atoms with Crippen molar-refractivity contribution in [3.63, 3.8) is 0 Å². The largest absolute Gasteiger partial charge is 0.482 e. The number of carbonyl (C=O) groups is 1. The van der Waals surface area contributed by atoms with Crippen LogP contribution >= 0.6 is 0 Å². The van der Waals surface area contributed by atoms with E-state index in [1.807, 2.05) is 0 Å². The van der Waals surface area contributed by atoms with Crippen LogP contribution in [0.4, 0.5) is 0 Å². The van der Waals surface area contributed by atoms with E-state index >= 15 is 0 Å². The molecule has 4 N–H and O–H groups in total. The van der Waals surface area contributed by atoms with Crippen LogP contribution in [0.1, 0.15) is 10.5 Å². The van der Waals surface area contributed by atoms with Gasteiger partial charge in [-0.2, -0.15) is 5.26 Å². The van der Waals surface area contributed by atoms with Crippen LogP contribution in [0.25, 0.3) is 0 Å². The zero-order valence-electron chi connectivity index (χ0n) is 7.94. The zero-order chi connectivity index (χ0) is 11.3. The second-order valence-corrected chi connectivity index (χ2v) is 2.49. The Balaban J connectivity index is 2.70. The zero-order valence-corrected chi connectivity index (χ0v) is 7.94. The second-order valence-electron chi connectivity index (χ2n) is 2.49. The van der Waals surface area contributed by atoms with Crippen molar-refractivity contribution in [2.75, 3.05) is 7.11 Å². The molecule has 0 unspecified atom stereocenters. The van der Waals surface area contributed by atoms with Crippen LogP contribution in [0.2, 0.25) is 0 Å². The average Bonchev–Trinajstić information content (AvgIpc) is 2.66. The van der Waals surface area contributed by atoms with Gasteiger partial charge in [0.05, 0.1) is 7.11 Å². The molecular formula is C8H9N5O2. The summed E-state index contributed by atoms with van der Waals surface area (Å²) in [4.78, 5) is 17.2. The summed E-state index contributed by atoms with van der Waals surface area (Å²) in [5.74, 6) is -0.290. The lowest BCUT2D eigenvalue weighted by molar-refractivity contribution is 0.0972. The van der Waals surface area contributed by atoms with Gasteiger partial charge in [-0.25, -0.2) is 0 Å². The summed E-state index contributed by atoms with van der Waals surface area (Å²) in [6.45, 7) is 0. The molecule has 1 aromatic heterocycles. The molecule has 0 aliphatic rings. The number of rotatable bonds is 2. The molecule has 0 aliphatic carbocycles. The lowest BCUT2D eigenvalue weighted by atomic mass is 10.4. The number of ether oxygens (including phenoxy) is 1. The minimum absolute atomic E-state index is 0.254. The summed E-state index contributed by atoms with van der Waals surface area (Å²) in [5.41, 5.74) is 5.48. The third kappa shape index (κ3) is 2.73. The number of aromatic nitrogens is 1. The van der Waals surface area contributed by atoms with E-state index in [2.05, 4.69) is 15.3 Å². The van der Waals surface area contributed by atoms with Crippen molar-refractivity contribution in [3.05, 3.63) is 17.8 Å². The maximum absolute atomic E-state index is 11.4. The first-order chi connectivity index (χ1) is 7.17. The number of methoxy groups -OCH3 is 1. The highest BCUT2D eigenvalue weighted by molar-refractivity contribution is 6.04. The van der Waals surface area contributed by atoms with Crippen LogP contribution < -0.4 is 15.8 Å². The Morgan fingerprint density at radius 1 is 1.73 bits per heavy atom. The molecule has 0 spiro atoms. The van der Waals surface area contributed by atoms with Crippen molar-refractivity contribution in [1.29, 1.82) is 5.26 Å². The van der Waals surface area contributed by atoms with Crippen molar-refractivity contribution in [1.82, 2.24) is 10.3 Å². The van der Waals surface area contributed by atoms with Crippen LogP contribution in [0.15, 0.2) is 17.1 Å². The average molecular weight is 207 g/mol. The second kappa shape index (κ2) is 4.66. The fourth-order valence-electron chi connectivity index (χ4n) is 0.892. The summed E-state index contributed by atoms with van der Waals surface area (Å²) in [6.07, 6.45) is 1.45. The maximum Gasteiger partial charge on any atom is 0.274 e. The number of aromatic amines is 1. The number of nitriles is 1. The predicted molar refractivity (Wildman–Crippen MR) is 52.0 cm³/mol. The molecular weight excluding hydrogens is 198 g/mol. The van der Waals surface area contributed by atoms with E-state index in [1.54, 1.807) is 6.07 Å². The van der Waals surface area contributed by atoms with E-state index in [-0.39, 0.29) is 11.7 Å². The predicted octanol–water partition coefficient (Wildman–Crippen LogP) is -0.451. The molecule has 0 saturated carbocycles. The van der Waals surface area contributed by atoms with Gasteiger partial charge in [-0.15, -0.1) is 4.99 Å². The molecule has 78 valence electrons. The van der Waals surface area contributed by atoms with Crippen LogP contribution in [-0.4, -0.2) is 24.0 Å². The number of hydrogen-bond acceptors (Lipinski definition) is 4. The van der Waals surface area contributed by atoms with Gasteiger partial charge in [0.2, 0.25) is 12.2 Å². The van der Waals surface area contributed by atoms with Crippen LogP contribution in [-0.2, 0) is 0 Å². The summed E-state index contributed by atoms with van der Waals surface area (Å²) < 4.78 is 4.85. The fraction of sp³-hybridized carbons (Fsp3) is 0.125. The van der Waals surface area contributed by atoms with Gasteiger partial charge >= 0.3 is 0 Å². The Kier molecular flexibility index (Phi) is 3.29. The lowest BCUT2D eigenvalue weighted by Crippen LogP contribution is -2.36. The van der Waals surface area contributed by atoms with Crippen molar-refractivity contribution < 1.29 is 9.53 Å². The number of guanidine groups is 1. The smallest absolute Gasteiger partial charge is 0.274 e. The SMILES string of the molecule is COc1ccc(C(=O)NC(N)=NC#N)[nH]1. The monoisotopic (exact) mass is 207 g/mol. The van der Waals surface area contributed by atoms with E-state index in [9.17, 15) is 4.79 Å². The molecule has 0 aromatic carbocycles. The molecule has 15 heavy (non-hydrogen) atoms. The van der Waals surface area contributed by atoms with Gasteiger partial charge < -0.3 is 15.5 Å². The van der Waals surface area contributed by atoms with Crippen molar-refractivity contribution in [2.45, 2.75) is 0 Å². The van der Waals surface area contributed by atoms with E-state index < -0.39 is 5.91 Å². The number of aliphatic imine (C=N–C) groups is 1. The molecule has 0 aliphatic heterocycles. The molecule has 1 heterocycles. The van der Waals surface area contributed by atoms with Crippen LogP contribution in [0.3, 0.4) is 0 Å². The fourth-order valence-corrected chi connectivity index (χ4v) is 0.892. The number of nitrogens with zero attached hydrogens (tertiary/aromatic N) is 2. The minimum atomic E-state index is -0.491. The highest BCUT2D eigenvalue weighted by Crippen LogP contribution is 2.08. The van der Waals surface area contributed by atoms with Gasteiger partial charge in [-0.3, -0.25) is 10.1 Å². The van der Waals surface area contributed by atoms with Crippen molar-refractivity contribution in [3.8, 4) is 12.1 Å². The Morgan fingerprint density at radius 2 is 2.47 bits per heavy atom.